The SMILES string of the molecule is COC(=O)c1cccc(NC(=O)[C@@H]2[C@@H]3CC[C@H](C3)[C@H]2C(=O)O)c1. The summed E-state index contributed by atoms with van der Waals surface area (Å²) in [6, 6.07) is 6.45. The van der Waals surface area contributed by atoms with Gasteiger partial charge in [-0.25, -0.2) is 4.79 Å². The number of esters is 1. The van der Waals surface area contributed by atoms with Gasteiger partial charge in [0.15, 0.2) is 0 Å². The molecule has 6 heteroatoms. The molecule has 0 radical (unpaired) electrons. The fourth-order valence-electron chi connectivity index (χ4n) is 4.09. The standard InChI is InChI=1S/C17H19NO5/c1-23-17(22)11-3-2-4-12(8-11)18-15(19)13-9-5-6-10(7-9)14(13)16(20)21/h2-4,8-10,13-14H,5-7H2,1H3,(H,18,19)(H,20,21)/t9-,10-,13-,14-/m1/s1. The molecule has 1 aromatic carbocycles. The number of hydrogen-bond acceptors (Lipinski definition) is 4. The minimum Gasteiger partial charge on any atom is -0.481 e. The molecular formula is C17H19NO5. The first kappa shape index (κ1) is 15.5. The summed E-state index contributed by atoms with van der Waals surface area (Å²) in [5, 5.41) is 12.2. The maximum absolute atomic E-state index is 12.6. The molecule has 0 unspecified atom stereocenters. The molecule has 2 aliphatic carbocycles. The first-order chi connectivity index (χ1) is 11.0. The van der Waals surface area contributed by atoms with E-state index in [1.807, 2.05) is 0 Å². The van der Waals surface area contributed by atoms with Gasteiger partial charge in [-0.3, -0.25) is 9.59 Å². The first-order valence-corrected chi connectivity index (χ1v) is 7.73. The first-order valence-electron chi connectivity index (χ1n) is 7.73. The molecule has 6 nitrogen and oxygen atoms in total. The van der Waals surface area contributed by atoms with Crippen molar-refractivity contribution < 1.29 is 24.2 Å². The lowest BCUT2D eigenvalue weighted by atomic mass is 9.78. The fraction of sp³-hybridized carbons (Fsp3) is 0.471. The highest BCUT2D eigenvalue weighted by Gasteiger charge is 2.53. The predicted molar refractivity (Wildman–Crippen MR) is 81.9 cm³/mol. The van der Waals surface area contributed by atoms with E-state index in [4.69, 9.17) is 0 Å². The molecule has 23 heavy (non-hydrogen) atoms. The third kappa shape index (κ3) is 2.81. The normalized spacial score (nSPS) is 28.4. The highest BCUT2D eigenvalue weighted by Crippen LogP contribution is 2.52. The van der Waals surface area contributed by atoms with E-state index < -0.39 is 23.8 Å². The molecule has 4 atom stereocenters. The van der Waals surface area contributed by atoms with Crippen LogP contribution in [0.4, 0.5) is 5.69 Å². The Morgan fingerprint density at radius 2 is 1.87 bits per heavy atom. The molecule has 2 bridgehead atoms. The van der Waals surface area contributed by atoms with Crippen LogP contribution in [-0.2, 0) is 14.3 Å². The largest absolute Gasteiger partial charge is 0.481 e. The summed E-state index contributed by atoms with van der Waals surface area (Å²) in [6.07, 6.45) is 2.62. The van der Waals surface area contributed by atoms with Gasteiger partial charge in [-0.2, -0.15) is 0 Å². The summed E-state index contributed by atoms with van der Waals surface area (Å²) >= 11 is 0. The van der Waals surface area contributed by atoms with E-state index >= 15 is 0 Å². The van der Waals surface area contributed by atoms with E-state index in [2.05, 4.69) is 10.1 Å². The van der Waals surface area contributed by atoms with Crippen LogP contribution in [0.25, 0.3) is 0 Å². The molecule has 0 heterocycles. The molecule has 1 amide bonds. The van der Waals surface area contributed by atoms with Crippen LogP contribution >= 0.6 is 0 Å². The lowest BCUT2D eigenvalue weighted by molar-refractivity contribution is -0.148. The predicted octanol–water partition coefficient (Wildman–Crippen LogP) is 2.16. The molecule has 2 aliphatic rings. The number of carbonyl (C=O) groups is 3. The minimum absolute atomic E-state index is 0.106. The number of rotatable bonds is 4. The number of ether oxygens (including phenoxy) is 1. The van der Waals surface area contributed by atoms with Crippen molar-refractivity contribution in [2.75, 3.05) is 12.4 Å². The maximum Gasteiger partial charge on any atom is 0.337 e. The van der Waals surface area contributed by atoms with Crippen LogP contribution in [0, 0.1) is 23.7 Å². The van der Waals surface area contributed by atoms with Crippen molar-refractivity contribution in [3.8, 4) is 0 Å². The minimum atomic E-state index is -0.888. The summed E-state index contributed by atoms with van der Waals surface area (Å²) in [7, 11) is 1.29. The van der Waals surface area contributed by atoms with Gasteiger partial charge in [0.1, 0.15) is 0 Å². The van der Waals surface area contributed by atoms with Crippen LogP contribution in [0.15, 0.2) is 24.3 Å². The van der Waals surface area contributed by atoms with Gasteiger partial charge < -0.3 is 15.2 Å². The van der Waals surface area contributed by atoms with E-state index in [1.165, 1.54) is 13.2 Å². The van der Waals surface area contributed by atoms with Gasteiger partial charge in [-0.15, -0.1) is 0 Å². The van der Waals surface area contributed by atoms with Crippen LogP contribution in [0.1, 0.15) is 29.6 Å². The monoisotopic (exact) mass is 317 g/mol. The number of carboxylic acids is 1. The van der Waals surface area contributed by atoms with Gasteiger partial charge in [0, 0.05) is 5.69 Å². The number of carbonyl (C=O) groups excluding carboxylic acids is 2. The number of carboxylic acid groups (broad SMARTS) is 1. The van der Waals surface area contributed by atoms with Gasteiger partial charge in [-0.05, 0) is 49.3 Å². The van der Waals surface area contributed by atoms with Crippen molar-refractivity contribution >= 4 is 23.5 Å². The van der Waals surface area contributed by atoms with Crippen molar-refractivity contribution in [3.63, 3.8) is 0 Å². The number of aliphatic carboxylic acids is 1. The Balaban J connectivity index is 1.77. The number of nitrogens with one attached hydrogen (secondary N) is 1. The molecule has 1 aromatic rings. The molecular weight excluding hydrogens is 298 g/mol. The number of fused-ring (bicyclic) bond motifs is 2. The number of methoxy groups -OCH3 is 1. The van der Waals surface area contributed by atoms with E-state index in [1.54, 1.807) is 18.2 Å². The topological polar surface area (TPSA) is 92.7 Å². The highest BCUT2D eigenvalue weighted by molar-refractivity contribution is 5.97. The summed E-state index contributed by atoms with van der Waals surface area (Å²) in [5.74, 6) is -2.48. The summed E-state index contributed by atoms with van der Waals surface area (Å²) in [4.78, 5) is 35.6. The molecule has 0 aromatic heterocycles. The van der Waals surface area contributed by atoms with Gasteiger partial charge >= 0.3 is 11.9 Å². The van der Waals surface area contributed by atoms with Gasteiger partial charge in [0.25, 0.3) is 0 Å². The quantitative estimate of drug-likeness (QED) is 0.830. The van der Waals surface area contributed by atoms with E-state index in [-0.39, 0.29) is 17.7 Å². The number of anilines is 1. The second kappa shape index (κ2) is 6.02. The Morgan fingerprint density at radius 3 is 2.52 bits per heavy atom. The number of benzene rings is 1. The molecule has 2 N–H and O–H groups in total. The lowest BCUT2D eigenvalue weighted by Crippen LogP contribution is -2.37. The average molecular weight is 317 g/mol. The van der Waals surface area contributed by atoms with Crippen molar-refractivity contribution in [1.29, 1.82) is 0 Å². The second-order valence-corrected chi connectivity index (χ2v) is 6.28. The zero-order chi connectivity index (χ0) is 16.6. The van der Waals surface area contributed by atoms with Crippen LogP contribution in [0.3, 0.4) is 0 Å². The Morgan fingerprint density at radius 1 is 1.17 bits per heavy atom. The second-order valence-electron chi connectivity index (χ2n) is 6.28. The maximum atomic E-state index is 12.6. The van der Waals surface area contributed by atoms with Crippen molar-refractivity contribution in [3.05, 3.63) is 29.8 Å². The Hall–Kier alpha value is -2.37. The number of amides is 1. The third-order valence-electron chi connectivity index (χ3n) is 5.06. The summed E-state index contributed by atoms with van der Waals surface area (Å²) in [5.41, 5.74) is 0.817. The molecule has 122 valence electrons. The zero-order valence-corrected chi connectivity index (χ0v) is 12.8. The van der Waals surface area contributed by atoms with Crippen LogP contribution in [-0.4, -0.2) is 30.1 Å². The molecule has 3 rings (SSSR count). The van der Waals surface area contributed by atoms with Crippen LogP contribution in [0.5, 0.6) is 0 Å². The zero-order valence-electron chi connectivity index (χ0n) is 12.8. The third-order valence-corrected chi connectivity index (χ3v) is 5.06. The average Bonchev–Trinajstić information content (AvgIpc) is 3.15. The van der Waals surface area contributed by atoms with Crippen molar-refractivity contribution in [2.45, 2.75) is 19.3 Å². The smallest absolute Gasteiger partial charge is 0.337 e. The molecule has 2 saturated carbocycles. The van der Waals surface area contributed by atoms with Gasteiger partial charge in [-0.1, -0.05) is 6.07 Å². The summed E-state index contributed by atoms with van der Waals surface area (Å²) in [6.45, 7) is 0. The fourth-order valence-corrected chi connectivity index (χ4v) is 4.09. The lowest BCUT2D eigenvalue weighted by Gasteiger charge is -2.27. The highest BCUT2D eigenvalue weighted by atomic mass is 16.5. The summed E-state index contributed by atoms with van der Waals surface area (Å²) < 4.78 is 4.66. The molecule has 0 aliphatic heterocycles. The van der Waals surface area contributed by atoms with Crippen LogP contribution < -0.4 is 5.32 Å². The molecule has 2 fully saturated rings. The Bertz CT molecular complexity index is 656. The molecule has 0 spiro atoms. The van der Waals surface area contributed by atoms with Gasteiger partial charge in [0.05, 0.1) is 24.5 Å². The Kier molecular flexibility index (Phi) is 4.07. The Labute approximate surface area is 133 Å². The number of hydrogen-bond donors (Lipinski definition) is 2. The van der Waals surface area contributed by atoms with E-state index in [0.29, 0.717) is 11.3 Å². The van der Waals surface area contributed by atoms with Crippen molar-refractivity contribution in [1.82, 2.24) is 0 Å². The van der Waals surface area contributed by atoms with Gasteiger partial charge in [0.2, 0.25) is 5.91 Å². The van der Waals surface area contributed by atoms with Crippen LogP contribution in [0.2, 0.25) is 0 Å². The van der Waals surface area contributed by atoms with E-state index in [0.717, 1.165) is 19.3 Å². The van der Waals surface area contributed by atoms with E-state index in [9.17, 15) is 19.5 Å². The molecule has 0 saturated heterocycles. The van der Waals surface area contributed by atoms with Crippen molar-refractivity contribution in [2.24, 2.45) is 23.7 Å².